The Morgan fingerprint density at radius 2 is 2.26 bits per heavy atom. The number of thiophene rings is 1. The van der Waals surface area contributed by atoms with Gasteiger partial charge >= 0.3 is 0 Å². The fraction of sp³-hybridized carbons (Fsp3) is 0.312. The van der Waals surface area contributed by atoms with Crippen molar-refractivity contribution in [3.63, 3.8) is 0 Å². The predicted molar refractivity (Wildman–Crippen MR) is 82.9 cm³/mol. The fourth-order valence-electron chi connectivity index (χ4n) is 2.79. The maximum Gasteiger partial charge on any atom is 0.144 e. The van der Waals surface area contributed by atoms with E-state index in [4.69, 9.17) is 0 Å². The van der Waals surface area contributed by atoms with Crippen molar-refractivity contribution in [2.24, 2.45) is 0 Å². The summed E-state index contributed by atoms with van der Waals surface area (Å²) in [7, 11) is 0. The second-order valence-electron chi connectivity index (χ2n) is 5.02. The Kier molecular flexibility index (Phi) is 3.85. The standard InChI is InChI=1S/C16H15BrOS/c17-12-4-1-3-11(9-12)10-15(18)13-5-2-6-16-14(13)7-8-19-16/h1,3-4,7-9,13H,2,5-6,10H2. The van der Waals surface area contributed by atoms with Gasteiger partial charge < -0.3 is 0 Å². The molecule has 2 aromatic rings. The summed E-state index contributed by atoms with van der Waals surface area (Å²) in [5.74, 6) is 0.478. The van der Waals surface area contributed by atoms with Gasteiger partial charge in [0.2, 0.25) is 0 Å². The van der Waals surface area contributed by atoms with Crippen molar-refractivity contribution in [3.05, 3.63) is 56.2 Å². The van der Waals surface area contributed by atoms with Crippen LogP contribution in [0.5, 0.6) is 0 Å². The topological polar surface area (TPSA) is 17.1 Å². The average molecular weight is 335 g/mol. The van der Waals surface area contributed by atoms with Crippen LogP contribution >= 0.6 is 27.3 Å². The molecule has 1 aliphatic rings. The second-order valence-corrected chi connectivity index (χ2v) is 6.93. The van der Waals surface area contributed by atoms with Crippen LogP contribution in [0, 0.1) is 0 Å². The average Bonchev–Trinajstić information content (AvgIpc) is 2.86. The molecule has 0 radical (unpaired) electrons. The third-order valence-corrected chi connectivity index (χ3v) is 5.20. The molecule has 1 atom stereocenters. The first-order chi connectivity index (χ1) is 9.24. The number of hydrogen-bond acceptors (Lipinski definition) is 2. The van der Waals surface area contributed by atoms with E-state index in [0.717, 1.165) is 29.3 Å². The molecule has 1 aliphatic carbocycles. The van der Waals surface area contributed by atoms with E-state index in [0.29, 0.717) is 12.2 Å². The Hall–Kier alpha value is -0.930. The van der Waals surface area contributed by atoms with Crippen LogP contribution in [0.2, 0.25) is 0 Å². The van der Waals surface area contributed by atoms with E-state index >= 15 is 0 Å². The number of ketones is 1. The lowest BCUT2D eigenvalue weighted by atomic mass is 9.83. The summed E-state index contributed by atoms with van der Waals surface area (Å²) < 4.78 is 1.04. The Labute approximate surface area is 125 Å². The van der Waals surface area contributed by atoms with Gasteiger partial charge in [-0.15, -0.1) is 11.3 Å². The van der Waals surface area contributed by atoms with E-state index in [1.807, 2.05) is 24.3 Å². The Morgan fingerprint density at radius 3 is 3.11 bits per heavy atom. The first-order valence-electron chi connectivity index (χ1n) is 6.57. The van der Waals surface area contributed by atoms with Crippen LogP contribution < -0.4 is 0 Å². The normalized spacial score (nSPS) is 18.1. The summed E-state index contributed by atoms with van der Waals surface area (Å²) in [5.41, 5.74) is 2.39. The molecule has 3 rings (SSSR count). The van der Waals surface area contributed by atoms with Crippen molar-refractivity contribution < 1.29 is 4.79 Å². The summed E-state index contributed by atoms with van der Waals surface area (Å²) >= 11 is 5.25. The van der Waals surface area contributed by atoms with Gasteiger partial charge in [0.15, 0.2) is 0 Å². The molecule has 3 heteroatoms. The zero-order valence-corrected chi connectivity index (χ0v) is 13.0. The van der Waals surface area contributed by atoms with Gasteiger partial charge in [0, 0.05) is 21.7 Å². The van der Waals surface area contributed by atoms with Gasteiger partial charge in [0.05, 0.1) is 0 Å². The monoisotopic (exact) mass is 334 g/mol. The molecular weight excluding hydrogens is 320 g/mol. The van der Waals surface area contributed by atoms with Crippen LogP contribution in [0.15, 0.2) is 40.2 Å². The molecule has 0 N–H and O–H groups in total. The SMILES string of the molecule is O=C(Cc1cccc(Br)c1)C1CCCc2sccc21. The molecule has 0 spiro atoms. The van der Waals surface area contributed by atoms with E-state index in [-0.39, 0.29) is 5.92 Å². The van der Waals surface area contributed by atoms with Crippen LogP contribution in [0.3, 0.4) is 0 Å². The largest absolute Gasteiger partial charge is 0.299 e. The van der Waals surface area contributed by atoms with E-state index in [2.05, 4.69) is 27.4 Å². The Bertz CT molecular complexity index is 602. The van der Waals surface area contributed by atoms with Crippen molar-refractivity contribution in [2.75, 3.05) is 0 Å². The zero-order chi connectivity index (χ0) is 13.2. The van der Waals surface area contributed by atoms with Gasteiger partial charge in [-0.1, -0.05) is 28.1 Å². The van der Waals surface area contributed by atoms with Gasteiger partial charge in [0.1, 0.15) is 5.78 Å². The lowest BCUT2D eigenvalue weighted by Crippen LogP contribution is -2.18. The number of fused-ring (bicyclic) bond motifs is 1. The lowest BCUT2D eigenvalue weighted by molar-refractivity contribution is -0.120. The minimum absolute atomic E-state index is 0.119. The number of carbonyl (C=O) groups is 1. The third-order valence-electron chi connectivity index (χ3n) is 3.71. The highest BCUT2D eigenvalue weighted by molar-refractivity contribution is 9.10. The van der Waals surface area contributed by atoms with E-state index in [1.165, 1.54) is 10.4 Å². The number of aryl methyl sites for hydroxylation is 1. The van der Waals surface area contributed by atoms with Crippen molar-refractivity contribution in [2.45, 2.75) is 31.6 Å². The molecule has 1 heterocycles. The Morgan fingerprint density at radius 1 is 1.37 bits per heavy atom. The van der Waals surface area contributed by atoms with Gasteiger partial charge in [-0.2, -0.15) is 0 Å². The van der Waals surface area contributed by atoms with Crippen LogP contribution in [0.4, 0.5) is 0 Å². The lowest BCUT2D eigenvalue weighted by Gasteiger charge is -2.21. The molecule has 1 nitrogen and oxygen atoms in total. The van der Waals surface area contributed by atoms with Crippen LogP contribution in [0.25, 0.3) is 0 Å². The van der Waals surface area contributed by atoms with Crippen molar-refractivity contribution in [1.82, 2.24) is 0 Å². The van der Waals surface area contributed by atoms with Gasteiger partial charge in [-0.3, -0.25) is 4.79 Å². The highest BCUT2D eigenvalue weighted by atomic mass is 79.9. The maximum atomic E-state index is 12.5. The van der Waals surface area contributed by atoms with Crippen molar-refractivity contribution >= 4 is 33.0 Å². The summed E-state index contributed by atoms with van der Waals surface area (Å²) in [6, 6.07) is 10.2. The van der Waals surface area contributed by atoms with Crippen molar-refractivity contribution in [3.8, 4) is 0 Å². The van der Waals surface area contributed by atoms with Crippen LogP contribution in [-0.4, -0.2) is 5.78 Å². The second kappa shape index (κ2) is 5.59. The van der Waals surface area contributed by atoms with Crippen molar-refractivity contribution in [1.29, 1.82) is 0 Å². The molecule has 1 aromatic carbocycles. The molecule has 0 saturated carbocycles. The van der Waals surface area contributed by atoms with Gasteiger partial charge in [-0.25, -0.2) is 0 Å². The first-order valence-corrected chi connectivity index (χ1v) is 8.25. The van der Waals surface area contributed by atoms with Gasteiger partial charge in [-0.05, 0) is 54.0 Å². The summed E-state index contributed by atoms with van der Waals surface area (Å²) in [6.45, 7) is 0. The minimum Gasteiger partial charge on any atom is -0.299 e. The summed E-state index contributed by atoms with van der Waals surface area (Å²) in [6.07, 6.45) is 3.84. The molecule has 0 aliphatic heterocycles. The Balaban J connectivity index is 1.79. The molecule has 1 unspecified atom stereocenters. The molecular formula is C16H15BrOS. The highest BCUT2D eigenvalue weighted by Crippen LogP contribution is 2.36. The van der Waals surface area contributed by atoms with E-state index in [9.17, 15) is 4.79 Å². The summed E-state index contributed by atoms with van der Waals surface area (Å²) in [4.78, 5) is 13.9. The third kappa shape index (κ3) is 2.82. The maximum absolute atomic E-state index is 12.5. The minimum atomic E-state index is 0.119. The zero-order valence-electron chi connectivity index (χ0n) is 10.6. The van der Waals surface area contributed by atoms with Crippen LogP contribution in [-0.2, 0) is 17.6 Å². The smallest absolute Gasteiger partial charge is 0.144 e. The quantitative estimate of drug-likeness (QED) is 0.792. The molecule has 1 aromatic heterocycles. The molecule has 19 heavy (non-hydrogen) atoms. The number of hydrogen-bond donors (Lipinski definition) is 0. The molecule has 0 bridgehead atoms. The number of rotatable bonds is 3. The van der Waals surface area contributed by atoms with Gasteiger partial charge in [0.25, 0.3) is 0 Å². The predicted octanol–water partition coefficient (Wildman–Crippen LogP) is 4.74. The molecule has 0 saturated heterocycles. The van der Waals surface area contributed by atoms with E-state index < -0.39 is 0 Å². The molecule has 0 fully saturated rings. The number of halogens is 1. The molecule has 0 amide bonds. The highest BCUT2D eigenvalue weighted by Gasteiger charge is 2.26. The fourth-order valence-corrected chi connectivity index (χ4v) is 4.23. The number of carbonyl (C=O) groups excluding carboxylic acids is 1. The first kappa shape index (κ1) is 13.1. The van der Waals surface area contributed by atoms with E-state index in [1.54, 1.807) is 11.3 Å². The number of Topliss-reactive ketones (excluding diaryl/α,β-unsaturated/α-hetero) is 1. The summed E-state index contributed by atoms with van der Waals surface area (Å²) in [5, 5.41) is 2.12. The molecule has 98 valence electrons. The number of benzene rings is 1. The van der Waals surface area contributed by atoms with Crippen LogP contribution in [0.1, 0.15) is 34.8 Å².